The Morgan fingerprint density at radius 3 is 2.73 bits per heavy atom. The summed E-state index contributed by atoms with van der Waals surface area (Å²) in [7, 11) is 0. The number of carbonyl (C=O) groups is 2. The van der Waals surface area contributed by atoms with Gasteiger partial charge < -0.3 is 10.4 Å². The number of hydrogen-bond donors (Lipinski definition) is 2. The smallest absolute Gasteiger partial charge is 0.309 e. The van der Waals surface area contributed by atoms with Gasteiger partial charge in [0.15, 0.2) is 0 Å². The van der Waals surface area contributed by atoms with Crippen LogP contribution in [0.15, 0.2) is 48.2 Å². The average molecular weight is 406 g/mol. The van der Waals surface area contributed by atoms with Crippen molar-refractivity contribution < 1.29 is 14.7 Å². The van der Waals surface area contributed by atoms with Crippen LogP contribution in [0.4, 0.5) is 5.69 Å². The maximum atomic E-state index is 13.0. The van der Waals surface area contributed by atoms with E-state index in [0.29, 0.717) is 35.4 Å². The zero-order valence-electron chi connectivity index (χ0n) is 17.9. The largest absolute Gasteiger partial charge is 0.481 e. The molecule has 1 heterocycles. The number of nitrogens with one attached hydrogen (secondary N) is 1. The van der Waals surface area contributed by atoms with Gasteiger partial charge >= 0.3 is 5.97 Å². The minimum Gasteiger partial charge on any atom is -0.481 e. The van der Waals surface area contributed by atoms with Gasteiger partial charge in [-0.25, -0.2) is 0 Å². The predicted octanol–water partition coefficient (Wildman–Crippen LogP) is 5.68. The van der Waals surface area contributed by atoms with Gasteiger partial charge in [0.05, 0.1) is 11.1 Å². The first-order valence-electron chi connectivity index (χ1n) is 11.4. The predicted molar refractivity (Wildman–Crippen MR) is 117 cm³/mol. The maximum Gasteiger partial charge on any atom is 0.309 e. The number of carboxylic acids is 1. The van der Waals surface area contributed by atoms with Crippen LogP contribution in [0.25, 0.3) is 0 Å². The quantitative estimate of drug-likeness (QED) is 0.491. The minimum absolute atomic E-state index is 0.0130. The summed E-state index contributed by atoms with van der Waals surface area (Å²) in [6.45, 7) is 4.33. The van der Waals surface area contributed by atoms with Crippen molar-refractivity contribution in [1.29, 1.82) is 0 Å². The number of allylic oxidation sites excluding steroid dienone is 4. The molecule has 4 heteroatoms. The molecule has 2 saturated carbocycles. The van der Waals surface area contributed by atoms with Crippen molar-refractivity contribution in [2.75, 3.05) is 5.32 Å². The molecule has 2 N–H and O–H groups in total. The van der Waals surface area contributed by atoms with E-state index in [2.05, 4.69) is 24.4 Å². The highest BCUT2D eigenvalue weighted by Gasteiger charge is 2.57. The van der Waals surface area contributed by atoms with E-state index in [4.69, 9.17) is 0 Å². The molecule has 1 aromatic carbocycles. The first-order valence-corrected chi connectivity index (χ1v) is 11.4. The van der Waals surface area contributed by atoms with Crippen LogP contribution < -0.4 is 5.32 Å². The molecule has 4 aliphatic rings. The molecule has 4 nitrogen and oxygen atoms in total. The molecule has 0 amide bonds. The number of carbonyl (C=O) groups excluding carboxylic acids is 1. The third kappa shape index (κ3) is 2.72. The molecular weight excluding hydrogens is 374 g/mol. The van der Waals surface area contributed by atoms with Crippen molar-refractivity contribution in [1.82, 2.24) is 0 Å². The van der Waals surface area contributed by atoms with Crippen LogP contribution in [0.2, 0.25) is 0 Å². The Balaban J connectivity index is 1.55. The molecule has 2 fully saturated rings. The summed E-state index contributed by atoms with van der Waals surface area (Å²) in [5, 5.41) is 13.5. The lowest BCUT2D eigenvalue weighted by atomic mass is 9.45. The first kappa shape index (κ1) is 19.6. The zero-order chi connectivity index (χ0) is 21.1. The first-order chi connectivity index (χ1) is 14.3. The van der Waals surface area contributed by atoms with E-state index in [1.165, 1.54) is 0 Å². The van der Waals surface area contributed by atoms with Gasteiger partial charge in [0.25, 0.3) is 0 Å². The minimum atomic E-state index is -0.835. The number of benzene rings is 1. The number of ketones is 1. The molecule has 30 heavy (non-hydrogen) atoms. The Morgan fingerprint density at radius 1 is 1.17 bits per heavy atom. The molecule has 3 aliphatic carbocycles. The molecular formula is C26H31NO3. The number of hydrogen-bond acceptors (Lipinski definition) is 3. The number of fused-ring (bicyclic) bond motifs is 4. The van der Waals surface area contributed by atoms with Gasteiger partial charge in [0.1, 0.15) is 0 Å². The van der Waals surface area contributed by atoms with Gasteiger partial charge in [-0.05, 0) is 86.7 Å². The summed E-state index contributed by atoms with van der Waals surface area (Å²) in [6.07, 6.45) is 12.7. The van der Waals surface area contributed by atoms with Gasteiger partial charge in [-0.3, -0.25) is 9.59 Å². The normalized spacial score (nSPS) is 41.0. The monoisotopic (exact) mass is 405 g/mol. The second kappa shape index (κ2) is 6.83. The van der Waals surface area contributed by atoms with Crippen LogP contribution in [0.1, 0.15) is 62.7 Å². The number of carboxylic acid groups (broad SMARTS) is 1. The lowest BCUT2D eigenvalue weighted by Gasteiger charge is -2.59. The number of anilines is 1. The number of Topliss-reactive ketones (excluding diaryl/α,β-unsaturated/α-hetero) is 1. The second-order valence-corrected chi connectivity index (χ2v) is 10.3. The summed E-state index contributed by atoms with van der Waals surface area (Å²) >= 11 is 0. The fraction of sp³-hybridized carbons (Fsp3) is 0.538. The van der Waals surface area contributed by atoms with Crippen molar-refractivity contribution >= 4 is 17.4 Å². The van der Waals surface area contributed by atoms with Gasteiger partial charge in [-0.15, -0.1) is 0 Å². The zero-order valence-corrected chi connectivity index (χ0v) is 17.9. The third-order valence-electron chi connectivity index (χ3n) is 8.98. The van der Waals surface area contributed by atoms with E-state index in [0.717, 1.165) is 37.8 Å². The third-order valence-corrected chi connectivity index (χ3v) is 8.98. The van der Waals surface area contributed by atoms with Gasteiger partial charge in [0.2, 0.25) is 5.78 Å². The average Bonchev–Trinajstić information content (AvgIpc) is 3.05. The van der Waals surface area contributed by atoms with E-state index in [1.807, 2.05) is 37.3 Å². The molecule has 0 unspecified atom stereocenters. The van der Waals surface area contributed by atoms with E-state index >= 15 is 0 Å². The number of rotatable bonds is 2. The maximum absolute atomic E-state index is 13.0. The van der Waals surface area contributed by atoms with Crippen molar-refractivity contribution in [2.24, 2.45) is 34.5 Å². The molecule has 1 aliphatic heterocycles. The summed E-state index contributed by atoms with van der Waals surface area (Å²) < 4.78 is 0. The Morgan fingerprint density at radius 2 is 1.97 bits per heavy atom. The van der Waals surface area contributed by atoms with Crippen LogP contribution >= 0.6 is 0 Å². The Labute approximate surface area is 178 Å². The highest BCUT2D eigenvalue weighted by Crippen LogP contribution is 2.62. The fourth-order valence-corrected chi connectivity index (χ4v) is 7.08. The van der Waals surface area contributed by atoms with Crippen molar-refractivity contribution in [2.45, 2.75) is 52.4 Å². The molecule has 5 rings (SSSR count). The van der Waals surface area contributed by atoms with E-state index in [9.17, 15) is 14.7 Å². The van der Waals surface area contributed by atoms with E-state index in [1.54, 1.807) is 0 Å². The standard InChI is InChI=1S/C26H31NO3/c1-25-13-6-5-7-16(25)10-11-17-19(25)12-14-26(2,24(29)30)20(17)15-22-23(28)18-8-3-4-9-21(18)27-22/h3-6,8-9,15-17,19-20,27H,7,10-14H2,1-2H3,(H,29,30)/b22-15+/t16-,17-,19-,20+,25+,26+/m1/s1. The highest BCUT2D eigenvalue weighted by molar-refractivity contribution is 6.18. The Kier molecular flexibility index (Phi) is 4.46. The summed E-state index contributed by atoms with van der Waals surface area (Å²) in [4.78, 5) is 25.5. The topological polar surface area (TPSA) is 66.4 Å². The lowest BCUT2D eigenvalue weighted by Crippen LogP contribution is -2.54. The molecule has 0 saturated heterocycles. The van der Waals surface area contributed by atoms with Crippen molar-refractivity contribution in [3.05, 3.63) is 53.8 Å². The lowest BCUT2D eigenvalue weighted by molar-refractivity contribution is -0.161. The van der Waals surface area contributed by atoms with Crippen molar-refractivity contribution in [3.8, 4) is 0 Å². The van der Waals surface area contributed by atoms with Crippen LogP contribution in [-0.2, 0) is 4.79 Å². The molecule has 0 radical (unpaired) electrons. The van der Waals surface area contributed by atoms with Crippen molar-refractivity contribution in [3.63, 3.8) is 0 Å². The summed E-state index contributed by atoms with van der Waals surface area (Å²) in [5.41, 5.74) is 1.47. The van der Waals surface area contributed by atoms with Crippen LogP contribution in [-0.4, -0.2) is 16.9 Å². The van der Waals surface area contributed by atoms with Gasteiger partial charge in [-0.1, -0.05) is 37.3 Å². The van der Waals surface area contributed by atoms with Crippen LogP contribution in [0.5, 0.6) is 0 Å². The molecule has 0 bridgehead atoms. The molecule has 158 valence electrons. The molecule has 6 atom stereocenters. The van der Waals surface area contributed by atoms with E-state index in [-0.39, 0.29) is 17.1 Å². The SMILES string of the molecule is C[C@]12CC=CC[C@@H]1CC[C@@H]1[C@H]2CC[C@](C)(C(=O)O)[C@H]1/C=C1/Nc2ccccc2C1=O. The molecule has 1 aromatic rings. The fourth-order valence-electron chi connectivity index (χ4n) is 7.08. The van der Waals surface area contributed by atoms with Gasteiger partial charge in [-0.2, -0.15) is 0 Å². The van der Waals surface area contributed by atoms with Crippen LogP contribution in [0.3, 0.4) is 0 Å². The summed E-state index contributed by atoms with van der Waals surface area (Å²) in [6, 6.07) is 7.54. The van der Waals surface area contributed by atoms with E-state index < -0.39 is 11.4 Å². The Hall–Kier alpha value is -2.36. The summed E-state index contributed by atoms with van der Waals surface area (Å²) in [5.74, 6) is 0.621. The molecule has 0 spiro atoms. The number of para-hydroxylation sites is 1. The molecule has 0 aromatic heterocycles. The number of aliphatic carboxylic acids is 1. The second-order valence-electron chi connectivity index (χ2n) is 10.3. The Bertz CT molecular complexity index is 963. The highest BCUT2D eigenvalue weighted by atomic mass is 16.4. The van der Waals surface area contributed by atoms with Gasteiger partial charge in [0, 0.05) is 11.3 Å². The van der Waals surface area contributed by atoms with Crippen LogP contribution in [0, 0.1) is 34.5 Å².